The van der Waals surface area contributed by atoms with Crippen LogP contribution in [0.2, 0.25) is 5.02 Å². The monoisotopic (exact) mass is 359 g/mol. The Kier molecular flexibility index (Phi) is 4.42. The number of rotatable bonds is 3. The van der Waals surface area contributed by atoms with Crippen molar-refractivity contribution < 1.29 is 9.53 Å². The highest BCUT2D eigenvalue weighted by Gasteiger charge is 2.27. The van der Waals surface area contributed by atoms with E-state index in [-0.39, 0.29) is 6.03 Å². The van der Waals surface area contributed by atoms with E-state index in [4.69, 9.17) is 16.3 Å². The van der Waals surface area contributed by atoms with Crippen molar-refractivity contribution in [2.75, 3.05) is 28.7 Å². The van der Waals surface area contributed by atoms with Crippen LogP contribution < -0.4 is 15.5 Å². The number of benzene rings is 1. The Balaban J connectivity index is 1.54. The summed E-state index contributed by atoms with van der Waals surface area (Å²) in [7, 11) is 0. The molecule has 2 aliphatic heterocycles. The van der Waals surface area contributed by atoms with E-state index in [1.54, 1.807) is 17.2 Å². The lowest BCUT2D eigenvalue weighted by molar-refractivity contribution is 0.0903. The number of fused-ring (bicyclic) bond motifs is 1. The van der Waals surface area contributed by atoms with E-state index in [2.05, 4.69) is 20.6 Å². The fraction of sp³-hybridized carbons (Fsp3) is 0.353. The number of urea groups is 1. The van der Waals surface area contributed by atoms with E-state index in [9.17, 15) is 4.79 Å². The molecule has 0 atom stereocenters. The predicted octanol–water partition coefficient (Wildman–Crippen LogP) is 3.27. The normalized spacial score (nSPS) is 17.8. The zero-order valence-electron chi connectivity index (χ0n) is 13.5. The molecular formula is C17H18ClN5O2. The number of ether oxygens (including phenoxy) is 1. The number of hydrogen-bond donors (Lipinski definition) is 2. The molecule has 25 heavy (non-hydrogen) atoms. The van der Waals surface area contributed by atoms with Crippen molar-refractivity contribution in [2.45, 2.75) is 25.4 Å². The van der Waals surface area contributed by atoms with Gasteiger partial charge in [0, 0.05) is 31.0 Å². The van der Waals surface area contributed by atoms with Gasteiger partial charge in [0.1, 0.15) is 5.82 Å². The molecule has 0 bridgehead atoms. The van der Waals surface area contributed by atoms with E-state index in [0.717, 1.165) is 31.6 Å². The van der Waals surface area contributed by atoms with E-state index in [1.165, 1.54) is 0 Å². The average molecular weight is 360 g/mol. The van der Waals surface area contributed by atoms with E-state index < -0.39 is 0 Å². The van der Waals surface area contributed by atoms with Crippen LogP contribution in [-0.2, 0) is 11.3 Å². The number of hydrogen-bond acceptors (Lipinski definition) is 5. The van der Waals surface area contributed by atoms with Gasteiger partial charge in [0.15, 0.2) is 0 Å². The molecule has 0 unspecified atom stereocenters. The first-order valence-corrected chi connectivity index (χ1v) is 8.62. The molecule has 0 spiro atoms. The Bertz CT molecular complexity index is 794. The highest BCUT2D eigenvalue weighted by atomic mass is 35.5. The predicted molar refractivity (Wildman–Crippen MR) is 96.1 cm³/mol. The summed E-state index contributed by atoms with van der Waals surface area (Å²) in [6, 6.07) is 7.30. The first-order chi connectivity index (χ1) is 12.2. The van der Waals surface area contributed by atoms with Crippen LogP contribution in [0.4, 0.5) is 22.2 Å². The minimum atomic E-state index is -0.253. The van der Waals surface area contributed by atoms with Gasteiger partial charge in [-0.25, -0.2) is 9.78 Å². The lowest BCUT2D eigenvalue weighted by atomic mass is 10.1. The molecule has 1 fully saturated rings. The van der Waals surface area contributed by atoms with Crippen molar-refractivity contribution in [3.63, 3.8) is 0 Å². The number of para-hydroxylation sites is 1. The summed E-state index contributed by atoms with van der Waals surface area (Å²) in [4.78, 5) is 22.9. The van der Waals surface area contributed by atoms with Crippen LogP contribution in [0.15, 0.2) is 30.5 Å². The summed E-state index contributed by atoms with van der Waals surface area (Å²) < 4.78 is 5.35. The Morgan fingerprint density at radius 3 is 2.88 bits per heavy atom. The van der Waals surface area contributed by atoms with Crippen molar-refractivity contribution in [1.29, 1.82) is 0 Å². The molecule has 1 saturated heterocycles. The zero-order valence-corrected chi connectivity index (χ0v) is 14.3. The van der Waals surface area contributed by atoms with Crippen LogP contribution in [0.25, 0.3) is 0 Å². The summed E-state index contributed by atoms with van der Waals surface area (Å²) in [5.74, 6) is 1.06. The van der Waals surface area contributed by atoms with Gasteiger partial charge in [-0.1, -0.05) is 23.7 Å². The van der Waals surface area contributed by atoms with Gasteiger partial charge in [0.2, 0.25) is 5.95 Å². The standard InChI is InChI=1S/C17H18ClN5O2/c18-13-3-1-2-4-14(13)23-10-11-9-19-16(21-15(11)22-17(23)24)20-12-5-7-25-8-6-12/h1-4,9,12H,5-8,10H2,(H2,19,20,21,22,24). The quantitative estimate of drug-likeness (QED) is 0.879. The second kappa shape index (κ2) is 6.85. The van der Waals surface area contributed by atoms with Gasteiger partial charge in [-0.2, -0.15) is 4.98 Å². The lowest BCUT2D eigenvalue weighted by Crippen LogP contribution is -2.39. The summed E-state index contributed by atoms with van der Waals surface area (Å²) in [5, 5.41) is 6.66. The number of halogens is 1. The molecule has 130 valence electrons. The summed E-state index contributed by atoms with van der Waals surface area (Å²) in [6.07, 6.45) is 3.59. The van der Waals surface area contributed by atoms with Crippen LogP contribution in [0.1, 0.15) is 18.4 Å². The minimum absolute atomic E-state index is 0.253. The second-order valence-corrected chi connectivity index (χ2v) is 6.47. The van der Waals surface area contributed by atoms with E-state index in [0.29, 0.717) is 35.1 Å². The molecule has 4 rings (SSSR count). The topological polar surface area (TPSA) is 79.4 Å². The van der Waals surface area contributed by atoms with Gasteiger partial charge >= 0.3 is 6.03 Å². The molecule has 1 aromatic carbocycles. The first-order valence-electron chi connectivity index (χ1n) is 8.24. The van der Waals surface area contributed by atoms with Crippen LogP contribution in [0.5, 0.6) is 0 Å². The maximum absolute atomic E-state index is 12.5. The SMILES string of the molecule is O=C1Nc2nc(NC3CCOCC3)ncc2CN1c1ccccc1Cl. The number of carbonyl (C=O) groups is 1. The molecule has 2 aliphatic rings. The van der Waals surface area contributed by atoms with Gasteiger partial charge < -0.3 is 10.1 Å². The summed E-state index contributed by atoms with van der Waals surface area (Å²) in [6.45, 7) is 1.86. The lowest BCUT2D eigenvalue weighted by Gasteiger charge is -2.29. The van der Waals surface area contributed by atoms with Crippen molar-refractivity contribution in [2.24, 2.45) is 0 Å². The van der Waals surface area contributed by atoms with Crippen LogP contribution in [0, 0.1) is 0 Å². The number of aromatic nitrogens is 2. The molecule has 8 heteroatoms. The van der Waals surface area contributed by atoms with Crippen molar-refractivity contribution in [3.05, 3.63) is 41.0 Å². The van der Waals surface area contributed by atoms with Crippen LogP contribution in [0.3, 0.4) is 0 Å². The molecule has 0 saturated carbocycles. The fourth-order valence-electron chi connectivity index (χ4n) is 3.00. The van der Waals surface area contributed by atoms with Crippen molar-refractivity contribution in [3.8, 4) is 0 Å². The van der Waals surface area contributed by atoms with Crippen molar-refractivity contribution >= 4 is 35.1 Å². The van der Waals surface area contributed by atoms with E-state index in [1.807, 2.05) is 18.2 Å². The number of amides is 2. The Morgan fingerprint density at radius 2 is 2.08 bits per heavy atom. The molecule has 3 heterocycles. The van der Waals surface area contributed by atoms with Gasteiger partial charge in [0.25, 0.3) is 0 Å². The van der Waals surface area contributed by atoms with Gasteiger partial charge in [-0.3, -0.25) is 10.2 Å². The summed E-state index contributed by atoms with van der Waals surface area (Å²) >= 11 is 6.21. The highest BCUT2D eigenvalue weighted by molar-refractivity contribution is 6.34. The average Bonchev–Trinajstić information content (AvgIpc) is 2.63. The summed E-state index contributed by atoms with van der Waals surface area (Å²) in [5.41, 5.74) is 1.51. The third kappa shape index (κ3) is 3.38. The molecule has 2 aromatic rings. The largest absolute Gasteiger partial charge is 0.381 e. The number of carbonyl (C=O) groups excluding carboxylic acids is 1. The fourth-order valence-corrected chi connectivity index (χ4v) is 3.24. The van der Waals surface area contributed by atoms with E-state index >= 15 is 0 Å². The number of anilines is 3. The Labute approximate surface area is 150 Å². The molecule has 2 N–H and O–H groups in total. The van der Waals surface area contributed by atoms with Crippen LogP contribution in [-0.4, -0.2) is 35.3 Å². The van der Waals surface area contributed by atoms with Gasteiger partial charge in [0.05, 0.1) is 17.3 Å². The van der Waals surface area contributed by atoms with Gasteiger partial charge in [-0.15, -0.1) is 0 Å². The maximum Gasteiger partial charge on any atom is 0.327 e. The third-order valence-electron chi connectivity index (χ3n) is 4.36. The van der Waals surface area contributed by atoms with Crippen LogP contribution >= 0.6 is 11.6 Å². The number of nitrogens with zero attached hydrogens (tertiary/aromatic N) is 3. The smallest absolute Gasteiger partial charge is 0.327 e. The molecule has 0 radical (unpaired) electrons. The second-order valence-electron chi connectivity index (χ2n) is 6.07. The molecule has 1 aromatic heterocycles. The Morgan fingerprint density at radius 1 is 1.28 bits per heavy atom. The molecule has 7 nitrogen and oxygen atoms in total. The Hall–Kier alpha value is -2.38. The number of nitrogens with one attached hydrogen (secondary N) is 2. The molecule has 2 amide bonds. The maximum atomic E-state index is 12.5. The van der Waals surface area contributed by atoms with Crippen molar-refractivity contribution in [1.82, 2.24) is 9.97 Å². The molecular weight excluding hydrogens is 342 g/mol. The third-order valence-corrected chi connectivity index (χ3v) is 4.68. The zero-order chi connectivity index (χ0) is 17.2. The van der Waals surface area contributed by atoms with Gasteiger partial charge in [-0.05, 0) is 25.0 Å². The molecule has 0 aliphatic carbocycles. The minimum Gasteiger partial charge on any atom is -0.381 e. The first kappa shape index (κ1) is 16.1. The highest BCUT2D eigenvalue weighted by Crippen LogP contribution is 2.31.